The summed E-state index contributed by atoms with van der Waals surface area (Å²) >= 11 is 0. The molecule has 13 nitrogen and oxygen atoms in total. The van der Waals surface area contributed by atoms with E-state index >= 15 is 0 Å². The van der Waals surface area contributed by atoms with Crippen molar-refractivity contribution in [1.29, 1.82) is 0 Å². The van der Waals surface area contributed by atoms with Crippen molar-refractivity contribution in [2.24, 2.45) is 0 Å². The van der Waals surface area contributed by atoms with E-state index in [9.17, 15) is 14.4 Å². The van der Waals surface area contributed by atoms with Crippen LogP contribution in [-0.2, 0) is 27.8 Å². The minimum Gasteiger partial charge on any atom is -0.417 e. The van der Waals surface area contributed by atoms with Gasteiger partial charge < -0.3 is 28.6 Å². The van der Waals surface area contributed by atoms with E-state index in [-0.39, 0.29) is 13.0 Å². The average molecular weight is 459 g/mol. The van der Waals surface area contributed by atoms with Crippen molar-refractivity contribution in [3.63, 3.8) is 0 Å². The third-order valence-corrected chi connectivity index (χ3v) is 7.75. The molecule has 1 saturated heterocycles. The minimum absolute atomic E-state index is 0.102. The normalized spacial score (nSPS) is 17.9. The van der Waals surface area contributed by atoms with Crippen LogP contribution in [0.15, 0.2) is 24.3 Å². The smallest absolute Gasteiger partial charge is 0.417 e. The van der Waals surface area contributed by atoms with Crippen LogP contribution in [0.1, 0.15) is 6.42 Å². The molecule has 0 aliphatic carbocycles. The van der Waals surface area contributed by atoms with Gasteiger partial charge in [0, 0.05) is 59.8 Å². The molecule has 31 heavy (non-hydrogen) atoms. The molecule has 1 fully saturated rings. The molecule has 1 aliphatic heterocycles. The number of carbonyl (C=O) groups excluding carboxylic acids is 3. The van der Waals surface area contributed by atoms with E-state index in [0.29, 0.717) is 11.4 Å². The molecule has 2 rings (SSSR count). The van der Waals surface area contributed by atoms with Crippen molar-refractivity contribution in [3.05, 3.63) is 24.3 Å². The molecule has 0 spiro atoms. The van der Waals surface area contributed by atoms with Gasteiger partial charge in [-0.1, -0.05) is 6.07 Å². The quantitative estimate of drug-likeness (QED) is 0.277. The first-order valence-corrected chi connectivity index (χ1v) is 10.8. The van der Waals surface area contributed by atoms with Crippen molar-refractivity contribution in [1.82, 2.24) is 9.80 Å². The van der Waals surface area contributed by atoms with Crippen LogP contribution in [-0.4, -0.2) is 84.2 Å². The van der Waals surface area contributed by atoms with Gasteiger partial charge in [-0.15, -0.1) is 0 Å². The number of ether oxygens (including phenoxy) is 1. The SMILES string of the molecule is CO[Si](OC)(OC)C1(OC(=O)N(C)C)CCN1C(=O)OOC(=O)Nc1cccc(N)c1. The summed E-state index contributed by atoms with van der Waals surface area (Å²) in [5.74, 6) is 0. The lowest BCUT2D eigenvalue weighted by Crippen LogP contribution is -2.80. The van der Waals surface area contributed by atoms with E-state index in [1.807, 2.05) is 0 Å². The number of nitrogen functional groups attached to an aromatic ring is 1. The zero-order valence-corrected chi connectivity index (χ0v) is 18.9. The predicted molar refractivity (Wildman–Crippen MR) is 108 cm³/mol. The van der Waals surface area contributed by atoms with Gasteiger partial charge in [-0.25, -0.2) is 24.2 Å². The van der Waals surface area contributed by atoms with Crippen molar-refractivity contribution in [3.8, 4) is 0 Å². The van der Waals surface area contributed by atoms with Crippen LogP contribution >= 0.6 is 0 Å². The standard InChI is InChI=1S/C17H26N4O9Si/c1-20(2)15(23)28-17(31(25-3,26-4)27-5)9-10-21(17)16(24)30-29-14(22)19-13-8-6-7-12(18)11-13/h6-8,11H,9-10,18H2,1-5H3,(H,19,22). The monoisotopic (exact) mass is 458 g/mol. The fraction of sp³-hybridized carbons (Fsp3) is 0.471. The zero-order valence-electron chi connectivity index (χ0n) is 17.9. The summed E-state index contributed by atoms with van der Waals surface area (Å²) in [5.41, 5.74) is 6.39. The lowest BCUT2D eigenvalue weighted by molar-refractivity contribution is -0.220. The molecule has 172 valence electrons. The summed E-state index contributed by atoms with van der Waals surface area (Å²) in [4.78, 5) is 48.2. The highest BCUT2D eigenvalue weighted by Crippen LogP contribution is 2.42. The van der Waals surface area contributed by atoms with E-state index in [0.717, 1.165) is 4.90 Å². The first kappa shape index (κ1) is 24.2. The van der Waals surface area contributed by atoms with Gasteiger partial charge in [0.15, 0.2) is 0 Å². The second-order valence-corrected chi connectivity index (χ2v) is 9.71. The van der Waals surface area contributed by atoms with Crippen LogP contribution < -0.4 is 11.1 Å². The molecule has 1 atom stereocenters. The Kier molecular flexibility index (Phi) is 7.67. The molecule has 3 amide bonds. The minimum atomic E-state index is -3.76. The lowest BCUT2D eigenvalue weighted by atomic mass is 10.2. The second kappa shape index (κ2) is 9.82. The molecule has 1 heterocycles. The van der Waals surface area contributed by atoms with Gasteiger partial charge in [-0.2, -0.15) is 0 Å². The molecular formula is C17H26N4O9Si. The molecule has 0 aromatic heterocycles. The number of anilines is 2. The second-order valence-electron chi connectivity index (χ2n) is 6.59. The number of benzene rings is 1. The van der Waals surface area contributed by atoms with E-state index in [1.165, 1.54) is 46.4 Å². The molecule has 14 heteroatoms. The van der Waals surface area contributed by atoms with Crippen LogP contribution in [0.2, 0.25) is 0 Å². The topological polar surface area (TPSA) is 151 Å². The maximum atomic E-state index is 12.6. The summed E-state index contributed by atoms with van der Waals surface area (Å²) in [6.07, 6.45) is -2.78. The van der Waals surface area contributed by atoms with Gasteiger partial charge in [0.25, 0.3) is 5.35 Å². The predicted octanol–water partition coefficient (Wildman–Crippen LogP) is 1.39. The number of hydrogen-bond donors (Lipinski definition) is 2. The summed E-state index contributed by atoms with van der Waals surface area (Å²) in [6.45, 7) is 0.102. The molecule has 0 saturated carbocycles. The zero-order chi connectivity index (χ0) is 23.2. The number of rotatable bonds is 6. The Morgan fingerprint density at radius 3 is 2.26 bits per heavy atom. The summed E-state index contributed by atoms with van der Waals surface area (Å²) in [5, 5.41) is 0.639. The third-order valence-electron chi connectivity index (χ3n) is 4.56. The molecule has 1 unspecified atom stereocenters. The number of likely N-dealkylation sites (tertiary alicyclic amines) is 1. The number of hydrogen-bond acceptors (Lipinski definition) is 10. The molecule has 0 bridgehead atoms. The van der Waals surface area contributed by atoms with Crippen molar-refractivity contribution < 1.29 is 42.2 Å². The Balaban J connectivity index is 2.13. The van der Waals surface area contributed by atoms with Crippen LogP contribution in [0, 0.1) is 0 Å². The largest absolute Gasteiger partial charge is 0.569 e. The Hall–Kier alpha value is -3.07. The summed E-state index contributed by atoms with van der Waals surface area (Å²) < 4.78 is 21.9. The molecule has 1 aliphatic rings. The Morgan fingerprint density at radius 2 is 1.77 bits per heavy atom. The number of nitrogens with two attached hydrogens (primary N) is 1. The first-order chi connectivity index (χ1) is 14.6. The van der Waals surface area contributed by atoms with Gasteiger partial charge >= 0.3 is 27.1 Å². The van der Waals surface area contributed by atoms with Gasteiger partial charge in [0.05, 0.1) is 0 Å². The molecule has 3 N–H and O–H groups in total. The Labute approximate surface area is 180 Å². The molecular weight excluding hydrogens is 432 g/mol. The highest BCUT2D eigenvalue weighted by atomic mass is 28.4. The van der Waals surface area contributed by atoms with E-state index in [4.69, 9.17) is 23.7 Å². The fourth-order valence-corrected chi connectivity index (χ4v) is 5.61. The van der Waals surface area contributed by atoms with Crippen LogP contribution in [0.5, 0.6) is 0 Å². The third kappa shape index (κ3) is 4.82. The number of nitrogens with one attached hydrogen (secondary N) is 1. The highest BCUT2D eigenvalue weighted by molar-refractivity contribution is 6.64. The first-order valence-electron chi connectivity index (χ1n) is 9.03. The number of nitrogens with zero attached hydrogens (tertiary/aromatic N) is 2. The van der Waals surface area contributed by atoms with Gasteiger partial charge in [0.1, 0.15) is 0 Å². The maximum Gasteiger partial charge on any atom is 0.569 e. The summed E-state index contributed by atoms with van der Waals surface area (Å²) in [7, 11) is 3.10. The van der Waals surface area contributed by atoms with Gasteiger partial charge in [0.2, 0.25) is 0 Å². The average Bonchev–Trinajstić information content (AvgIpc) is 2.71. The molecule has 1 aromatic carbocycles. The van der Waals surface area contributed by atoms with Gasteiger partial charge in [-0.3, -0.25) is 10.2 Å². The van der Waals surface area contributed by atoms with Crippen LogP contribution in [0.3, 0.4) is 0 Å². The van der Waals surface area contributed by atoms with Crippen molar-refractivity contribution in [2.45, 2.75) is 11.8 Å². The molecule has 1 aromatic rings. The van der Waals surface area contributed by atoms with Gasteiger partial charge in [-0.05, 0) is 18.2 Å². The van der Waals surface area contributed by atoms with Crippen LogP contribution in [0.25, 0.3) is 0 Å². The van der Waals surface area contributed by atoms with Crippen molar-refractivity contribution >= 4 is 38.5 Å². The Morgan fingerprint density at radius 1 is 1.13 bits per heavy atom. The fourth-order valence-electron chi connectivity index (χ4n) is 2.99. The number of carbonyl (C=O) groups is 3. The van der Waals surface area contributed by atoms with E-state index < -0.39 is 32.4 Å². The van der Waals surface area contributed by atoms with E-state index in [2.05, 4.69) is 15.1 Å². The molecule has 0 radical (unpaired) electrons. The van der Waals surface area contributed by atoms with Crippen LogP contribution in [0.4, 0.5) is 25.8 Å². The Bertz CT molecular complexity index is 812. The lowest BCUT2D eigenvalue weighted by Gasteiger charge is -2.53. The maximum absolute atomic E-state index is 12.6. The number of amides is 3. The summed E-state index contributed by atoms with van der Waals surface area (Å²) in [6, 6.07) is 6.30. The van der Waals surface area contributed by atoms with Crippen molar-refractivity contribution in [2.75, 3.05) is 53.0 Å². The highest BCUT2D eigenvalue weighted by Gasteiger charge is 2.73. The van der Waals surface area contributed by atoms with E-state index in [1.54, 1.807) is 18.2 Å².